The van der Waals surface area contributed by atoms with Crippen molar-refractivity contribution in [3.05, 3.63) is 64.5 Å². The third kappa shape index (κ3) is 5.44. The van der Waals surface area contributed by atoms with Crippen molar-refractivity contribution in [2.75, 3.05) is 0 Å². The van der Waals surface area contributed by atoms with Gasteiger partial charge >= 0.3 is 18.3 Å². The summed E-state index contributed by atoms with van der Waals surface area (Å²) in [5.41, 5.74) is 1.41. The van der Waals surface area contributed by atoms with Crippen LogP contribution < -0.4 is 10.5 Å². The van der Waals surface area contributed by atoms with Gasteiger partial charge < -0.3 is 10.5 Å². The zero-order valence-electron chi connectivity index (χ0n) is 14.3. The number of carbonyl (C=O) groups excluding carboxylic acids is 1. The van der Waals surface area contributed by atoms with E-state index in [-0.39, 0.29) is 35.9 Å². The molecule has 10 heteroatoms. The summed E-state index contributed by atoms with van der Waals surface area (Å²) in [4.78, 5) is 12.1. The fraction of sp³-hybridized carbons (Fsp3) is 0.278. The predicted octanol–water partition coefficient (Wildman–Crippen LogP) is 4.97. The van der Waals surface area contributed by atoms with Gasteiger partial charge in [-0.2, -0.15) is 26.3 Å². The summed E-state index contributed by atoms with van der Waals surface area (Å²) in [6.45, 7) is 1.60. The Morgan fingerprint density at radius 3 is 2.00 bits per heavy atom. The van der Waals surface area contributed by atoms with Gasteiger partial charge in [-0.1, -0.05) is 0 Å². The molecular weight excluding hydrogens is 395 g/mol. The van der Waals surface area contributed by atoms with Crippen molar-refractivity contribution >= 4 is 5.97 Å². The van der Waals surface area contributed by atoms with Gasteiger partial charge in [-0.25, -0.2) is 9.18 Å². The smallest absolute Gasteiger partial charge is 0.416 e. The minimum atomic E-state index is -5.10. The molecule has 2 aromatic rings. The van der Waals surface area contributed by atoms with Crippen LogP contribution in [0.2, 0.25) is 0 Å². The lowest BCUT2D eigenvalue weighted by atomic mass is 10.0. The Morgan fingerprint density at radius 2 is 1.54 bits per heavy atom. The number of esters is 1. The molecule has 0 saturated heterocycles. The van der Waals surface area contributed by atoms with E-state index in [0.717, 1.165) is 18.2 Å². The molecule has 0 aromatic heterocycles. The molecule has 2 N–H and O–H groups in total. The Morgan fingerprint density at radius 1 is 1.00 bits per heavy atom. The van der Waals surface area contributed by atoms with E-state index in [1.54, 1.807) is 6.92 Å². The minimum Gasteiger partial charge on any atom is -0.423 e. The minimum absolute atomic E-state index is 0.0823. The first-order valence-electron chi connectivity index (χ1n) is 7.83. The van der Waals surface area contributed by atoms with Gasteiger partial charge in [0.25, 0.3) is 0 Å². The van der Waals surface area contributed by atoms with E-state index in [2.05, 4.69) is 0 Å². The maximum Gasteiger partial charge on any atom is 0.416 e. The second-order valence-corrected chi connectivity index (χ2v) is 6.12. The highest BCUT2D eigenvalue weighted by atomic mass is 19.4. The van der Waals surface area contributed by atoms with Gasteiger partial charge in [0.1, 0.15) is 11.6 Å². The second kappa shape index (κ2) is 7.78. The molecule has 1 unspecified atom stereocenters. The Hall–Kier alpha value is -2.62. The Labute approximate surface area is 154 Å². The van der Waals surface area contributed by atoms with Crippen LogP contribution in [0.15, 0.2) is 36.4 Å². The van der Waals surface area contributed by atoms with E-state index < -0.39 is 46.9 Å². The second-order valence-electron chi connectivity index (χ2n) is 6.12. The van der Waals surface area contributed by atoms with Crippen LogP contribution in [-0.2, 0) is 18.8 Å². The summed E-state index contributed by atoms with van der Waals surface area (Å²) in [5.74, 6) is -2.33. The fourth-order valence-corrected chi connectivity index (χ4v) is 2.36. The molecule has 0 aliphatic rings. The standard InChI is InChI=1S/C18H14F7NO2/c1-9(26)4-10-7-14(2-3-15(10)19)28-16(27)11-5-12(17(20,21)22)8-13(6-11)18(23,24)25/h2-3,5-9H,4,26H2,1H3. The lowest BCUT2D eigenvalue weighted by Crippen LogP contribution is -2.19. The van der Waals surface area contributed by atoms with E-state index >= 15 is 0 Å². The number of carbonyl (C=O) groups is 1. The first-order valence-corrected chi connectivity index (χ1v) is 7.83. The summed E-state index contributed by atoms with van der Waals surface area (Å²) in [6, 6.07) is 3.06. The van der Waals surface area contributed by atoms with Gasteiger partial charge in [-0.15, -0.1) is 0 Å². The number of hydrogen-bond donors (Lipinski definition) is 1. The number of ether oxygens (including phenoxy) is 1. The SMILES string of the molecule is CC(N)Cc1cc(OC(=O)c2cc(C(F)(F)F)cc(C(F)(F)F)c2)ccc1F. The predicted molar refractivity (Wildman–Crippen MR) is 85.2 cm³/mol. The highest BCUT2D eigenvalue weighted by molar-refractivity contribution is 5.91. The molecule has 2 aromatic carbocycles. The van der Waals surface area contributed by atoms with Crippen molar-refractivity contribution in [2.45, 2.75) is 31.7 Å². The van der Waals surface area contributed by atoms with Crippen LogP contribution in [0.5, 0.6) is 5.75 Å². The highest BCUT2D eigenvalue weighted by Crippen LogP contribution is 2.36. The Kier molecular flexibility index (Phi) is 6.03. The van der Waals surface area contributed by atoms with Crippen LogP contribution in [0.1, 0.15) is 34.0 Å². The monoisotopic (exact) mass is 409 g/mol. The lowest BCUT2D eigenvalue weighted by molar-refractivity contribution is -0.143. The summed E-state index contributed by atoms with van der Waals surface area (Å²) < 4.78 is 95.8. The number of benzene rings is 2. The topological polar surface area (TPSA) is 52.3 Å². The molecule has 2 rings (SSSR count). The van der Waals surface area contributed by atoms with E-state index in [0.29, 0.717) is 0 Å². The number of halogens is 7. The molecule has 0 spiro atoms. The van der Waals surface area contributed by atoms with Crippen LogP contribution in [-0.4, -0.2) is 12.0 Å². The van der Waals surface area contributed by atoms with Crippen molar-refractivity contribution in [2.24, 2.45) is 5.73 Å². The van der Waals surface area contributed by atoms with Crippen LogP contribution in [0, 0.1) is 5.82 Å². The van der Waals surface area contributed by atoms with Gasteiger partial charge in [-0.05, 0) is 55.3 Å². The zero-order chi connectivity index (χ0) is 21.3. The lowest BCUT2D eigenvalue weighted by Gasteiger charge is -2.14. The van der Waals surface area contributed by atoms with Crippen LogP contribution in [0.25, 0.3) is 0 Å². The number of rotatable bonds is 4. The van der Waals surface area contributed by atoms with E-state index in [9.17, 15) is 35.5 Å². The largest absolute Gasteiger partial charge is 0.423 e. The van der Waals surface area contributed by atoms with Crippen LogP contribution >= 0.6 is 0 Å². The third-order valence-electron chi connectivity index (χ3n) is 3.59. The van der Waals surface area contributed by atoms with Crippen molar-refractivity contribution in [1.29, 1.82) is 0 Å². The molecule has 0 bridgehead atoms. The molecule has 28 heavy (non-hydrogen) atoms. The molecule has 0 fully saturated rings. The van der Waals surface area contributed by atoms with Gasteiger partial charge in [0, 0.05) is 6.04 Å². The van der Waals surface area contributed by atoms with E-state index in [1.165, 1.54) is 0 Å². The Balaban J connectivity index is 2.39. The maximum absolute atomic E-state index is 13.7. The number of nitrogens with two attached hydrogens (primary N) is 1. The van der Waals surface area contributed by atoms with Crippen molar-refractivity contribution in [3.63, 3.8) is 0 Å². The molecule has 0 radical (unpaired) electrons. The number of hydrogen-bond acceptors (Lipinski definition) is 3. The molecule has 3 nitrogen and oxygen atoms in total. The average molecular weight is 409 g/mol. The van der Waals surface area contributed by atoms with Crippen LogP contribution in [0.4, 0.5) is 30.7 Å². The van der Waals surface area contributed by atoms with Gasteiger partial charge in [-0.3, -0.25) is 0 Å². The summed E-state index contributed by atoms with van der Waals surface area (Å²) in [6.07, 6.45) is -10.1. The van der Waals surface area contributed by atoms with Crippen molar-refractivity contribution in [1.82, 2.24) is 0 Å². The van der Waals surface area contributed by atoms with Gasteiger partial charge in [0.05, 0.1) is 16.7 Å². The molecule has 0 aliphatic carbocycles. The summed E-state index contributed by atoms with van der Waals surface area (Å²) in [5, 5.41) is 0. The molecule has 0 amide bonds. The number of alkyl halides is 6. The zero-order valence-corrected chi connectivity index (χ0v) is 14.3. The summed E-state index contributed by atoms with van der Waals surface area (Å²) >= 11 is 0. The first-order chi connectivity index (χ1) is 12.8. The summed E-state index contributed by atoms with van der Waals surface area (Å²) in [7, 11) is 0. The van der Waals surface area contributed by atoms with E-state index in [4.69, 9.17) is 10.5 Å². The third-order valence-corrected chi connectivity index (χ3v) is 3.59. The quantitative estimate of drug-likeness (QED) is 0.441. The molecule has 0 saturated carbocycles. The van der Waals surface area contributed by atoms with Crippen LogP contribution in [0.3, 0.4) is 0 Å². The Bertz CT molecular complexity index is 841. The highest BCUT2D eigenvalue weighted by Gasteiger charge is 2.37. The fourth-order valence-electron chi connectivity index (χ4n) is 2.36. The normalized spacial score (nSPS) is 13.3. The average Bonchev–Trinajstić information content (AvgIpc) is 2.55. The maximum atomic E-state index is 13.7. The van der Waals surface area contributed by atoms with Crippen molar-refractivity contribution < 1.29 is 40.3 Å². The molecule has 0 heterocycles. The molecular formula is C18H14F7NO2. The first kappa shape index (κ1) is 21.7. The molecule has 1 atom stereocenters. The molecule has 152 valence electrons. The molecule has 0 aliphatic heterocycles. The van der Waals surface area contributed by atoms with E-state index in [1.807, 2.05) is 0 Å². The van der Waals surface area contributed by atoms with Gasteiger partial charge in [0.15, 0.2) is 0 Å². The van der Waals surface area contributed by atoms with Gasteiger partial charge in [0.2, 0.25) is 0 Å². The van der Waals surface area contributed by atoms with Crippen molar-refractivity contribution in [3.8, 4) is 5.75 Å².